The predicted octanol–water partition coefficient (Wildman–Crippen LogP) is 1.79. The van der Waals surface area contributed by atoms with Gasteiger partial charge in [0.15, 0.2) is 6.33 Å². The van der Waals surface area contributed by atoms with Gasteiger partial charge >= 0.3 is 0 Å². The molecule has 0 unspecified atom stereocenters. The maximum Gasteiger partial charge on any atom is 0.176 e. The minimum atomic E-state index is 1.06. The predicted molar refractivity (Wildman–Crippen MR) is 60.8 cm³/mol. The third kappa shape index (κ3) is 2.59. The van der Waals surface area contributed by atoms with Gasteiger partial charge in [0, 0.05) is 12.2 Å². The van der Waals surface area contributed by atoms with Crippen molar-refractivity contribution in [1.29, 1.82) is 0 Å². The van der Waals surface area contributed by atoms with Gasteiger partial charge in [0.2, 0.25) is 0 Å². The second kappa shape index (κ2) is 4.79. The normalized spacial score (nSPS) is 17.5. The summed E-state index contributed by atoms with van der Waals surface area (Å²) in [4.78, 5) is 6.75. The minimum absolute atomic E-state index is 1.06. The van der Waals surface area contributed by atoms with Crippen LogP contribution in [-0.2, 0) is 6.54 Å². The molecule has 15 heavy (non-hydrogen) atoms. The van der Waals surface area contributed by atoms with E-state index in [0.717, 1.165) is 12.2 Å². The van der Waals surface area contributed by atoms with Crippen LogP contribution >= 0.6 is 0 Å². The molecule has 0 spiro atoms. The Balaban J connectivity index is 1.75. The third-order valence-corrected chi connectivity index (χ3v) is 3.32. The summed E-state index contributed by atoms with van der Waals surface area (Å²) in [6.07, 6.45) is 7.03. The zero-order chi connectivity index (χ0) is 10.7. The number of aryl methyl sites for hydroxylation is 2. The second-order valence-corrected chi connectivity index (χ2v) is 4.44. The van der Waals surface area contributed by atoms with Crippen LogP contribution in [0.25, 0.3) is 0 Å². The van der Waals surface area contributed by atoms with E-state index in [1.165, 1.54) is 44.6 Å². The number of rotatable bonds is 4. The molecule has 0 aliphatic carbocycles. The first-order valence-electron chi connectivity index (χ1n) is 5.91. The standard InChI is InChI=1S/C12H20N3/c1-11-12(2)15(10-13-11)9-5-8-14-6-3-4-7-14/h3-9H2,1-2H3. The summed E-state index contributed by atoms with van der Waals surface area (Å²) in [7, 11) is 0. The fourth-order valence-corrected chi connectivity index (χ4v) is 2.16. The molecule has 1 radical (unpaired) electrons. The van der Waals surface area contributed by atoms with Gasteiger partial charge in [-0.15, -0.1) is 0 Å². The fraction of sp³-hybridized carbons (Fsp3) is 0.750. The van der Waals surface area contributed by atoms with E-state index in [-0.39, 0.29) is 0 Å². The quantitative estimate of drug-likeness (QED) is 0.749. The molecule has 0 amide bonds. The lowest BCUT2D eigenvalue weighted by Crippen LogP contribution is -2.21. The van der Waals surface area contributed by atoms with Crippen molar-refractivity contribution in [2.24, 2.45) is 0 Å². The van der Waals surface area contributed by atoms with E-state index in [1.807, 2.05) is 6.92 Å². The molecule has 3 heteroatoms. The number of imidazole rings is 1. The minimum Gasteiger partial charge on any atom is -0.325 e. The van der Waals surface area contributed by atoms with Crippen LogP contribution in [0.5, 0.6) is 0 Å². The highest BCUT2D eigenvalue weighted by Gasteiger charge is 2.10. The van der Waals surface area contributed by atoms with E-state index >= 15 is 0 Å². The van der Waals surface area contributed by atoms with Crippen LogP contribution < -0.4 is 0 Å². The second-order valence-electron chi connectivity index (χ2n) is 4.44. The van der Waals surface area contributed by atoms with E-state index in [2.05, 4.69) is 27.7 Å². The highest BCUT2D eigenvalue weighted by atomic mass is 15.1. The van der Waals surface area contributed by atoms with E-state index in [9.17, 15) is 0 Å². The molecule has 1 aliphatic rings. The monoisotopic (exact) mass is 206 g/mol. The summed E-state index contributed by atoms with van der Waals surface area (Å²) < 4.78 is 2.14. The Hall–Kier alpha value is -0.830. The Bertz CT molecular complexity index is 311. The summed E-state index contributed by atoms with van der Waals surface area (Å²) in [5.41, 5.74) is 2.37. The molecule has 0 N–H and O–H groups in total. The highest BCUT2D eigenvalue weighted by Crippen LogP contribution is 2.09. The molecule has 1 saturated heterocycles. The number of nitrogens with zero attached hydrogens (tertiary/aromatic N) is 3. The molecular weight excluding hydrogens is 186 g/mol. The summed E-state index contributed by atoms with van der Waals surface area (Å²) in [6.45, 7) is 9.04. The topological polar surface area (TPSA) is 21.1 Å². The van der Waals surface area contributed by atoms with Crippen LogP contribution in [0.4, 0.5) is 0 Å². The highest BCUT2D eigenvalue weighted by molar-refractivity contribution is 5.07. The van der Waals surface area contributed by atoms with Gasteiger partial charge in [-0.2, -0.15) is 0 Å². The Morgan fingerprint density at radius 1 is 1.20 bits per heavy atom. The van der Waals surface area contributed by atoms with Gasteiger partial charge in [-0.1, -0.05) is 0 Å². The molecular formula is C12H20N3. The molecule has 0 saturated carbocycles. The van der Waals surface area contributed by atoms with Crippen molar-refractivity contribution in [2.75, 3.05) is 19.6 Å². The van der Waals surface area contributed by atoms with Crippen molar-refractivity contribution < 1.29 is 0 Å². The SMILES string of the molecule is Cc1n[c]n(CCCN2CCCC2)c1C. The summed E-state index contributed by atoms with van der Waals surface area (Å²) in [5, 5.41) is 0. The van der Waals surface area contributed by atoms with Crippen molar-refractivity contribution in [3.8, 4) is 0 Å². The van der Waals surface area contributed by atoms with E-state index in [1.54, 1.807) is 0 Å². The first kappa shape index (κ1) is 10.7. The van der Waals surface area contributed by atoms with E-state index < -0.39 is 0 Å². The molecule has 2 heterocycles. The number of aromatic nitrogens is 2. The molecule has 3 nitrogen and oxygen atoms in total. The third-order valence-electron chi connectivity index (χ3n) is 3.32. The van der Waals surface area contributed by atoms with Crippen molar-refractivity contribution in [1.82, 2.24) is 14.5 Å². The lowest BCUT2D eigenvalue weighted by Gasteiger charge is -2.14. The van der Waals surface area contributed by atoms with Crippen molar-refractivity contribution in [3.05, 3.63) is 17.7 Å². The maximum atomic E-state index is 4.19. The van der Waals surface area contributed by atoms with Gasteiger partial charge in [0.25, 0.3) is 0 Å². The molecule has 1 aromatic heterocycles. The fourth-order valence-electron chi connectivity index (χ4n) is 2.16. The van der Waals surface area contributed by atoms with Crippen LogP contribution in [0.15, 0.2) is 0 Å². The average Bonchev–Trinajstić information content (AvgIpc) is 2.83. The molecule has 1 fully saturated rings. The number of likely N-dealkylation sites (tertiary alicyclic amines) is 1. The zero-order valence-corrected chi connectivity index (χ0v) is 9.79. The molecule has 83 valence electrons. The lowest BCUT2D eigenvalue weighted by atomic mass is 10.3. The summed E-state index contributed by atoms with van der Waals surface area (Å²) in [5.74, 6) is 0. The Labute approximate surface area is 92.1 Å². The van der Waals surface area contributed by atoms with Crippen molar-refractivity contribution in [3.63, 3.8) is 0 Å². The first-order valence-corrected chi connectivity index (χ1v) is 5.91. The van der Waals surface area contributed by atoms with Crippen LogP contribution in [0.1, 0.15) is 30.7 Å². The van der Waals surface area contributed by atoms with Gasteiger partial charge in [0.05, 0.1) is 5.69 Å². The Morgan fingerprint density at radius 3 is 2.53 bits per heavy atom. The Kier molecular flexibility index (Phi) is 3.41. The lowest BCUT2D eigenvalue weighted by molar-refractivity contribution is 0.324. The number of hydrogen-bond acceptors (Lipinski definition) is 2. The molecule has 0 atom stereocenters. The Morgan fingerprint density at radius 2 is 1.93 bits per heavy atom. The van der Waals surface area contributed by atoms with Crippen LogP contribution in [-0.4, -0.2) is 34.1 Å². The molecule has 1 aliphatic heterocycles. The molecule has 1 aromatic rings. The van der Waals surface area contributed by atoms with Crippen LogP contribution in [0.3, 0.4) is 0 Å². The zero-order valence-electron chi connectivity index (χ0n) is 9.79. The van der Waals surface area contributed by atoms with Gasteiger partial charge in [-0.25, -0.2) is 4.98 Å². The summed E-state index contributed by atoms with van der Waals surface area (Å²) in [6, 6.07) is 0. The van der Waals surface area contributed by atoms with Crippen LogP contribution in [0.2, 0.25) is 0 Å². The van der Waals surface area contributed by atoms with E-state index in [4.69, 9.17) is 0 Å². The van der Waals surface area contributed by atoms with Gasteiger partial charge in [-0.3, -0.25) is 0 Å². The maximum absolute atomic E-state index is 4.19. The number of hydrogen-bond donors (Lipinski definition) is 0. The largest absolute Gasteiger partial charge is 0.325 e. The average molecular weight is 206 g/mol. The van der Waals surface area contributed by atoms with Crippen molar-refractivity contribution in [2.45, 2.75) is 39.7 Å². The van der Waals surface area contributed by atoms with E-state index in [0.29, 0.717) is 0 Å². The molecule has 0 aromatic carbocycles. The van der Waals surface area contributed by atoms with Crippen LogP contribution in [0, 0.1) is 20.2 Å². The van der Waals surface area contributed by atoms with Gasteiger partial charge in [0.1, 0.15) is 0 Å². The molecule has 0 bridgehead atoms. The van der Waals surface area contributed by atoms with Gasteiger partial charge in [-0.05, 0) is 52.7 Å². The van der Waals surface area contributed by atoms with Crippen molar-refractivity contribution >= 4 is 0 Å². The molecule has 2 rings (SSSR count). The summed E-state index contributed by atoms with van der Waals surface area (Å²) >= 11 is 0. The van der Waals surface area contributed by atoms with Gasteiger partial charge < -0.3 is 9.47 Å². The smallest absolute Gasteiger partial charge is 0.176 e. The first-order chi connectivity index (χ1) is 7.27.